The van der Waals surface area contributed by atoms with Gasteiger partial charge in [-0.15, -0.1) is 0 Å². The minimum atomic E-state index is -0.263. The molecule has 2 saturated heterocycles. The van der Waals surface area contributed by atoms with E-state index < -0.39 is 0 Å². The summed E-state index contributed by atoms with van der Waals surface area (Å²) in [6.07, 6.45) is 3.59. The number of amides is 1. The largest absolute Gasteiger partial charge is 0.368 e. The van der Waals surface area contributed by atoms with Crippen molar-refractivity contribution in [2.45, 2.75) is 53.1 Å². The number of nitriles is 1. The molecule has 2 aromatic rings. The van der Waals surface area contributed by atoms with Crippen LogP contribution in [-0.4, -0.2) is 51.9 Å². The molecule has 0 aliphatic carbocycles. The van der Waals surface area contributed by atoms with Crippen LogP contribution in [0.2, 0.25) is 0 Å². The molecule has 194 valence electrons. The van der Waals surface area contributed by atoms with Gasteiger partial charge in [0.25, 0.3) is 11.5 Å². The predicted octanol–water partition coefficient (Wildman–Crippen LogP) is 4.76. The van der Waals surface area contributed by atoms with Crippen molar-refractivity contribution in [2.75, 3.05) is 36.0 Å². The Balaban J connectivity index is 1.82. The first-order chi connectivity index (χ1) is 17.8. The summed E-state index contributed by atoms with van der Waals surface area (Å²) in [6, 6.07) is 12.4. The number of piperazine rings is 1. The number of carbonyl (C=O) groups excluding carboxylic acids is 1. The highest BCUT2D eigenvalue weighted by molar-refractivity contribution is 8.26. The summed E-state index contributed by atoms with van der Waals surface area (Å²) in [5, 5.41) is 9.90. The fourth-order valence-corrected chi connectivity index (χ4v) is 6.39. The minimum absolute atomic E-state index is 0.0433. The quantitative estimate of drug-likeness (QED) is 0.374. The smallest absolute Gasteiger partial charge is 0.270 e. The maximum absolute atomic E-state index is 13.5. The van der Waals surface area contributed by atoms with E-state index in [0.717, 1.165) is 50.4 Å². The Labute approximate surface area is 228 Å². The third kappa shape index (κ3) is 5.32. The summed E-state index contributed by atoms with van der Waals surface area (Å²) < 4.78 is 2.28. The van der Waals surface area contributed by atoms with E-state index in [9.17, 15) is 14.9 Å². The van der Waals surface area contributed by atoms with Crippen molar-refractivity contribution in [3.63, 3.8) is 0 Å². The summed E-state index contributed by atoms with van der Waals surface area (Å²) in [4.78, 5) is 33.5. The molecule has 0 spiro atoms. The van der Waals surface area contributed by atoms with Crippen molar-refractivity contribution in [1.29, 1.82) is 5.26 Å². The molecule has 3 heterocycles. The molecule has 2 aliphatic rings. The Hall–Kier alpha value is -3.09. The van der Waals surface area contributed by atoms with Gasteiger partial charge in [0, 0.05) is 50.0 Å². The first kappa shape index (κ1) is 27.0. The highest BCUT2D eigenvalue weighted by Crippen LogP contribution is 2.37. The number of pyridine rings is 1. The Kier molecular flexibility index (Phi) is 8.40. The van der Waals surface area contributed by atoms with Crippen LogP contribution in [-0.2, 0) is 11.3 Å². The first-order valence-corrected chi connectivity index (χ1v) is 14.0. The molecule has 2 aliphatic heterocycles. The molecule has 1 aromatic carbocycles. The van der Waals surface area contributed by atoms with E-state index in [1.165, 1.54) is 17.4 Å². The average Bonchev–Trinajstić information content (AvgIpc) is 3.18. The number of unbranched alkanes of at least 4 members (excludes halogenated alkanes) is 1. The lowest BCUT2D eigenvalue weighted by Crippen LogP contribution is -2.48. The van der Waals surface area contributed by atoms with Crippen LogP contribution in [0, 0.1) is 18.3 Å². The molecule has 1 aromatic heterocycles. The molecule has 0 bridgehead atoms. The maximum atomic E-state index is 13.5. The second-order valence-electron chi connectivity index (χ2n) is 9.61. The number of nitrogens with zero attached hydrogens (tertiary/aromatic N) is 5. The van der Waals surface area contributed by atoms with Crippen LogP contribution in [0.1, 0.15) is 50.3 Å². The summed E-state index contributed by atoms with van der Waals surface area (Å²) >= 11 is 6.77. The number of para-hydroxylation sites is 1. The Morgan fingerprint density at radius 2 is 1.76 bits per heavy atom. The van der Waals surface area contributed by atoms with Crippen LogP contribution >= 0.6 is 24.0 Å². The number of hydrogen-bond donors (Lipinski definition) is 0. The van der Waals surface area contributed by atoms with Crippen LogP contribution in [0.15, 0.2) is 40.0 Å². The molecule has 0 radical (unpaired) electrons. The summed E-state index contributed by atoms with van der Waals surface area (Å²) in [7, 11) is 0. The van der Waals surface area contributed by atoms with Crippen molar-refractivity contribution < 1.29 is 4.79 Å². The van der Waals surface area contributed by atoms with E-state index in [1.54, 1.807) is 9.47 Å². The van der Waals surface area contributed by atoms with Crippen molar-refractivity contribution in [2.24, 2.45) is 0 Å². The van der Waals surface area contributed by atoms with Crippen LogP contribution in [0.4, 0.5) is 11.5 Å². The molecule has 0 N–H and O–H groups in total. The highest BCUT2D eigenvalue weighted by atomic mass is 32.2. The molecular formula is C28H33N5O2S2. The predicted molar refractivity (Wildman–Crippen MR) is 156 cm³/mol. The van der Waals surface area contributed by atoms with Gasteiger partial charge >= 0.3 is 0 Å². The van der Waals surface area contributed by atoms with Gasteiger partial charge in [0.05, 0.1) is 4.91 Å². The zero-order chi connectivity index (χ0) is 26.7. The first-order valence-electron chi connectivity index (χ1n) is 12.8. The van der Waals surface area contributed by atoms with Crippen LogP contribution in [0.3, 0.4) is 0 Å². The third-order valence-corrected chi connectivity index (χ3v) is 8.23. The molecule has 0 atom stereocenters. The van der Waals surface area contributed by atoms with Gasteiger partial charge in [0.2, 0.25) is 0 Å². The molecule has 4 rings (SSSR count). The summed E-state index contributed by atoms with van der Waals surface area (Å²) in [6.45, 7) is 11.3. The zero-order valence-corrected chi connectivity index (χ0v) is 23.5. The average molecular weight is 536 g/mol. The van der Waals surface area contributed by atoms with E-state index in [0.29, 0.717) is 21.3 Å². The molecule has 9 heteroatoms. The monoisotopic (exact) mass is 535 g/mol. The van der Waals surface area contributed by atoms with Crippen molar-refractivity contribution in [3.8, 4) is 6.07 Å². The second kappa shape index (κ2) is 11.5. The standard InChI is InChI=1S/C28H33N5O2S2/c1-5-6-12-32-25(31-15-13-30(14-16-31)21-10-8-7-9-11-21)22(20(4)23(18-29)26(32)34)17-24-27(35)33(19(2)3)28(36)37-24/h7-11,17,19H,5-6,12-16H2,1-4H3. The second-order valence-corrected chi connectivity index (χ2v) is 11.3. The third-order valence-electron chi connectivity index (χ3n) is 6.90. The lowest BCUT2D eigenvalue weighted by molar-refractivity contribution is -0.123. The van der Waals surface area contributed by atoms with Gasteiger partial charge in [-0.2, -0.15) is 5.26 Å². The van der Waals surface area contributed by atoms with E-state index in [1.807, 2.05) is 45.0 Å². The van der Waals surface area contributed by atoms with Gasteiger partial charge in [-0.25, -0.2) is 0 Å². The molecule has 2 fully saturated rings. The van der Waals surface area contributed by atoms with Gasteiger partial charge in [0.15, 0.2) is 0 Å². The molecule has 0 unspecified atom stereocenters. The normalized spacial score (nSPS) is 17.3. The number of hydrogen-bond acceptors (Lipinski definition) is 7. The van der Waals surface area contributed by atoms with Gasteiger partial charge in [0.1, 0.15) is 21.8 Å². The van der Waals surface area contributed by atoms with Crippen molar-refractivity contribution in [3.05, 3.63) is 62.3 Å². The van der Waals surface area contributed by atoms with E-state index in [2.05, 4.69) is 34.9 Å². The number of thioether (sulfide) groups is 1. The van der Waals surface area contributed by atoms with Crippen molar-refractivity contribution >= 4 is 51.8 Å². The summed E-state index contributed by atoms with van der Waals surface area (Å²) in [5.41, 5.74) is 2.41. The fraction of sp³-hybridized carbons (Fsp3) is 0.429. The lowest BCUT2D eigenvalue weighted by Gasteiger charge is -2.39. The van der Waals surface area contributed by atoms with Crippen LogP contribution in [0.5, 0.6) is 0 Å². The minimum Gasteiger partial charge on any atom is -0.368 e. The fourth-order valence-electron chi connectivity index (χ4n) is 4.88. The Morgan fingerprint density at radius 1 is 1.11 bits per heavy atom. The topological polar surface area (TPSA) is 72.6 Å². The molecule has 37 heavy (non-hydrogen) atoms. The Morgan fingerprint density at radius 3 is 2.32 bits per heavy atom. The van der Waals surface area contributed by atoms with E-state index in [-0.39, 0.29) is 23.1 Å². The van der Waals surface area contributed by atoms with Gasteiger partial charge in [-0.1, -0.05) is 55.5 Å². The molecule has 7 nitrogen and oxygen atoms in total. The molecular weight excluding hydrogens is 502 g/mol. The highest BCUT2D eigenvalue weighted by Gasteiger charge is 2.35. The number of benzene rings is 1. The number of aromatic nitrogens is 1. The number of thiocarbonyl (C=S) groups is 1. The van der Waals surface area contributed by atoms with Crippen LogP contribution < -0.4 is 15.4 Å². The van der Waals surface area contributed by atoms with Gasteiger partial charge in [-0.05, 0) is 51.0 Å². The maximum Gasteiger partial charge on any atom is 0.270 e. The zero-order valence-electron chi connectivity index (χ0n) is 21.9. The van der Waals surface area contributed by atoms with Gasteiger partial charge < -0.3 is 9.80 Å². The van der Waals surface area contributed by atoms with Crippen molar-refractivity contribution in [1.82, 2.24) is 9.47 Å². The van der Waals surface area contributed by atoms with E-state index in [4.69, 9.17) is 12.2 Å². The molecule has 0 saturated carbocycles. The number of rotatable bonds is 7. The SMILES string of the molecule is CCCCn1c(N2CCN(c3ccccc3)CC2)c(C=C2SC(=S)N(C(C)C)C2=O)c(C)c(C#N)c1=O. The lowest BCUT2D eigenvalue weighted by atomic mass is 10.0. The van der Waals surface area contributed by atoms with Gasteiger partial charge in [-0.3, -0.25) is 19.1 Å². The van der Waals surface area contributed by atoms with E-state index >= 15 is 0 Å². The number of carbonyl (C=O) groups is 1. The van der Waals surface area contributed by atoms with Crippen LogP contribution in [0.25, 0.3) is 6.08 Å². The summed E-state index contributed by atoms with van der Waals surface area (Å²) in [5.74, 6) is 0.659. The molecule has 1 amide bonds. The Bertz CT molecular complexity index is 1320. The number of anilines is 2.